The molecule has 1 aliphatic carbocycles. The van der Waals surface area contributed by atoms with Crippen LogP contribution in [0, 0.1) is 0 Å². The van der Waals surface area contributed by atoms with E-state index in [9.17, 15) is 4.79 Å². The average Bonchev–Trinajstić information content (AvgIpc) is 2.49. The molecule has 0 unspecified atom stereocenters. The van der Waals surface area contributed by atoms with Crippen molar-refractivity contribution in [2.45, 2.75) is 24.9 Å². The van der Waals surface area contributed by atoms with Gasteiger partial charge in [-0.2, -0.15) is 0 Å². The predicted molar refractivity (Wildman–Crippen MR) is 56.6 cm³/mol. The molecule has 1 aliphatic rings. The van der Waals surface area contributed by atoms with E-state index in [0.717, 1.165) is 24.0 Å². The number of nitrogens with two attached hydrogens (primary N) is 1. The molecule has 0 spiro atoms. The molecule has 15 heavy (non-hydrogen) atoms. The molecule has 5 heteroatoms. The first-order chi connectivity index (χ1) is 7.25. The SMILES string of the molecule is NC1CC(n2c(=O)[nH]c3cccnc32)C1. The summed E-state index contributed by atoms with van der Waals surface area (Å²) in [5, 5.41) is 0. The summed E-state index contributed by atoms with van der Waals surface area (Å²) in [5.74, 6) is 0. The number of fused-ring (bicyclic) bond motifs is 1. The van der Waals surface area contributed by atoms with E-state index >= 15 is 0 Å². The Hall–Kier alpha value is -1.62. The van der Waals surface area contributed by atoms with Crippen LogP contribution in [0.2, 0.25) is 0 Å². The predicted octanol–water partition coefficient (Wildman–Crippen LogP) is 0.387. The Labute approximate surface area is 85.9 Å². The lowest BCUT2D eigenvalue weighted by Crippen LogP contribution is -2.40. The molecule has 0 amide bonds. The molecule has 0 aliphatic heterocycles. The summed E-state index contributed by atoms with van der Waals surface area (Å²) in [5.41, 5.74) is 7.17. The summed E-state index contributed by atoms with van der Waals surface area (Å²) in [4.78, 5) is 18.7. The second-order valence-corrected chi connectivity index (χ2v) is 4.06. The second-order valence-electron chi connectivity index (χ2n) is 4.06. The third kappa shape index (κ3) is 1.20. The topological polar surface area (TPSA) is 76.7 Å². The molecule has 2 heterocycles. The molecule has 3 rings (SSSR count). The zero-order valence-electron chi connectivity index (χ0n) is 8.18. The van der Waals surface area contributed by atoms with Crippen molar-refractivity contribution < 1.29 is 0 Å². The molecule has 0 bridgehead atoms. The van der Waals surface area contributed by atoms with E-state index in [1.165, 1.54) is 0 Å². The second kappa shape index (κ2) is 2.93. The summed E-state index contributed by atoms with van der Waals surface area (Å²) in [6.45, 7) is 0. The molecular weight excluding hydrogens is 192 g/mol. The average molecular weight is 204 g/mol. The number of aromatic amines is 1. The van der Waals surface area contributed by atoms with Crippen LogP contribution in [0.4, 0.5) is 0 Å². The van der Waals surface area contributed by atoms with Crippen LogP contribution < -0.4 is 11.4 Å². The van der Waals surface area contributed by atoms with Crippen molar-refractivity contribution >= 4 is 11.2 Å². The minimum Gasteiger partial charge on any atom is -0.328 e. The third-order valence-corrected chi connectivity index (χ3v) is 2.99. The van der Waals surface area contributed by atoms with Gasteiger partial charge in [-0.3, -0.25) is 4.57 Å². The Morgan fingerprint density at radius 1 is 1.53 bits per heavy atom. The zero-order chi connectivity index (χ0) is 10.4. The minimum atomic E-state index is -0.0828. The molecule has 3 N–H and O–H groups in total. The van der Waals surface area contributed by atoms with Crippen molar-refractivity contribution in [2.24, 2.45) is 5.73 Å². The van der Waals surface area contributed by atoms with Crippen LogP contribution in [0.15, 0.2) is 23.1 Å². The lowest BCUT2D eigenvalue weighted by atomic mass is 9.87. The summed E-state index contributed by atoms with van der Waals surface area (Å²) in [7, 11) is 0. The van der Waals surface area contributed by atoms with Crippen molar-refractivity contribution in [2.75, 3.05) is 0 Å². The van der Waals surface area contributed by atoms with Gasteiger partial charge >= 0.3 is 5.69 Å². The number of pyridine rings is 1. The first-order valence-electron chi connectivity index (χ1n) is 5.06. The van der Waals surface area contributed by atoms with Gasteiger partial charge in [0.15, 0.2) is 5.65 Å². The summed E-state index contributed by atoms with van der Waals surface area (Å²) < 4.78 is 1.72. The maximum Gasteiger partial charge on any atom is 0.327 e. The Bertz CT molecular complexity index is 550. The standard InChI is InChI=1S/C10H12N4O/c11-6-4-7(5-6)14-9-8(13-10(14)15)2-1-3-12-9/h1-3,6-7H,4-5,11H2,(H,13,15). The van der Waals surface area contributed by atoms with E-state index in [0.29, 0.717) is 0 Å². The quantitative estimate of drug-likeness (QED) is 0.705. The highest BCUT2D eigenvalue weighted by atomic mass is 16.1. The Morgan fingerprint density at radius 3 is 3.07 bits per heavy atom. The van der Waals surface area contributed by atoms with E-state index < -0.39 is 0 Å². The van der Waals surface area contributed by atoms with Gasteiger partial charge in [0, 0.05) is 18.3 Å². The van der Waals surface area contributed by atoms with Gasteiger partial charge in [0.2, 0.25) is 0 Å². The van der Waals surface area contributed by atoms with E-state index in [4.69, 9.17) is 5.73 Å². The molecule has 1 saturated carbocycles. The monoisotopic (exact) mass is 204 g/mol. The highest BCUT2D eigenvalue weighted by molar-refractivity contribution is 5.70. The van der Waals surface area contributed by atoms with Gasteiger partial charge in [0.05, 0.1) is 5.52 Å². The van der Waals surface area contributed by atoms with Crippen LogP contribution >= 0.6 is 0 Å². The van der Waals surface area contributed by atoms with Crippen LogP contribution in [-0.4, -0.2) is 20.6 Å². The largest absolute Gasteiger partial charge is 0.328 e. The van der Waals surface area contributed by atoms with E-state index in [1.54, 1.807) is 10.8 Å². The van der Waals surface area contributed by atoms with Gasteiger partial charge in [-0.25, -0.2) is 9.78 Å². The van der Waals surface area contributed by atoms with Crippen molar-refractivity contribution in [1.29, 1.82) is 0 Å². The van der Waals surface area contributed by atoms with Crippen molar-refractivity contribution in [3.05, 3.63) is 28.8 Å². The summed E-state index contributed by atoms with van der Waals surface area (Å²) in [6.07, 6.45) is 3.43. The molecule has 0 atom stereocenters. The van der Waals surface area contributed by atoms with Gasteiger partial charge in [0.1, 0.15) is 0 Å². The molecule has 1 fully saturated rings. The van der Waals surface area contributed by atoms with E-state index in [-0.39, 0.29) is 17.8 Å². The Balaban J connectivity index is 2.17. The van der Waals surface area contributed by atoms with E-state index in [1.807, 2.05) is 12.1 Å². The number of nitrogens with one attached hydrogen (secondary N) is 1. The lowest BCUT2D eigenvalue weighted by Gasteiger charge is -2.32. The molecule has 2 aromatic heterocycles. The van der Waals surface area contributed by atoms with Crippen molar-refractivity contribution in [1.82, 2.24) is 14.5 Å². The molecule has 0 saturated heterocycles. The summed E-state index contributed by atoms with van der Waals surface area (Å²) >= 11 is 0. The van der Waals surface area contributed by atoms with Crippen molar-refractivity contribution in [3.63, 3.8) is 0 Å². The third-order valence-electron chi connectivity index (χ3n) is 2.99. The summed E-state index contributed by atoms with van der Waals surface area (Å²) in [6, 6.07) is 4.13. The minimum absolute atomic E-state index is 0.0828. The normalized spacial score (nSPS) is 25.4. The number of H-pyrrole nitrogens is 1. The fourth-order valence-corrected chi connectivity index (χ4v) is 2.14. The Kier molecular flexibility index (Phi) is 1.70. The fourth-order valence-electron chi connectivity index (χ4n) is 2.14. The van der Waals surface area contributed by atoms with E-state index in [2.05, 4.69) is 9.97 Å². The van der Waals surface area contributed by atoms with Gasteiger partial charge in [-0.15, -0.1) is 0 Å². The van der Waals surface area contributed by atoms with Crippen LogP contribution in [0.1, 0.15) is 18.9 Å². The van der Waals surface area contributed by atoms with Gasteiger partial charge < -0.3 is 10.7 Å². The van der Waals surface area contributed by atoms with Crippen molar-refractivity contribution in [3.8, 4) is 0 Å². The van der Waals surface area contributed by atoms with Crippen LogP contribution in [0.3, 0.4) is 0 Å². The van der Waals surface area contributed by atoms with Crippen LogP contribution in [0.5, 0.6) is 0 Å². The molecule has 2 aromatic rings. The highest BCUT2D eigenvalue weighted by Gasteiger charge is 2.30. The lowest BCUT2D eigenvalue weighted by molar-refractivity contribution is 0.266. The number of nitrogens with zero attached hydrogens (tertiary/aromatic N) is 2. The fraction of sp³-hybridized carbons (Fsp3) is 0.400. The maximum atomic E-state index is 11.7. The maximum absolute atomic E-state index is 11.7. The molecule has 78 valence electrons. The molecule has 0 aromatic carbocycles. The highest BCUT2D eigenvalue weighted by Crippen LogP contribution is 2.31. The number of hydrogen-bond acceptors (Lipinski definition) is 3. The van der Waals surface area contributed by atoms with Gasteiger partial charge in [-0.05, 0) is 25.0 Å². The number of rotatable bonds is 1. The number of aromatic nitrogens is 3. The number of hydrogen-bond donors (Lipinski definition) is 2. The Morgan fingerprint density at radius 2 is 2.33 bits per heavy atom. The molecule has 0 radical (unpaired) electrons. The van der Waals surface area contributed by atoms with Crippen LogP contribution in [-0.2, 0) is 0 Å². The van der Waals surface area contributed by atoms with Gasteiger partial charge in [0.25, 0.3) is 0 Å². The smallest absolute Gasteiger partial charge is 0.327 e. The number of imidazole rings is 1. The first-order valence-corrected chi connectivity index (χ1v) is 5.06. The first kappa shape index (κ1) is 8.67. The van der Waals surface area contributed by atoms with Gasteiger partial charge in [-0.1, -0.05) is 0 Å². The molecule has 5 nitrogen and oxygen atoms in total. The zero-order valence-corrected chi connectivity index (χ0v) is 8.18. The molecular formula is C10H12N4O. The van der Waals surface area contributed by atoms with Crippen LogP contribution in [0.25, 0.3) is 11.2 Å².